The second-order valence-electron chi connectivity index (χ2n) is 8.91. The lowest BCUT2D eigenvalue weighted by Gasteiger charge is -2.27. The quantitative estimate of drug-likeness (QED) is 0.621. The van der Waals surface area contributed by atoms with E-state index in [1.54, 1.807) is 17.9 Å². The van der Waals surface area contributed by atoms with Crippen LogP contribution in [-0.4, -0.2) is 31.5 Å². The van der Waals surface area contributed by atoms with Gasteiger partial charge in [-0.05, 0) is 37.8 Å². The van der Waals surface area contributed by atoms with E-state index in [0.29, 0.717) is 30.0 Å². The predicted molar refractivity (Wildman–Crippen MR) is 112 cm³/mol. The number of hydrogen-bond acceptors (Lipinski definition) is 3. The van der Waals surface area contributed by atoms with E-state index in [-0.39, 0.29) is 23.4 Å². The first-order valence-electron chi connectivity index (χ1n) is 10.8. The van der Waals surface area contributed by atoms with Crippen LogP contribution >= 0.6 is 0 Å². The summed E-state index contributed by atoms with van der Waals surface area (Å²) < 4.78 is 45.3. The molecule has 2 aromatic heterocycles. The van der Waals surface area contributed by atoms with E-state index < -0.39 is 17.5 Å². The lowest BCUT2D eigenvalue weighted by Crippen LogP contribution is -2.40. The SMILES string of the molecule is CC1CC(NC(=O)c2cnn(C)c2C2CC2)Cc2c1nn(C)c2-c1ccc(F)c(F)c1F. The molecule has 1 fully saturated rings. The van der Waals surface area contributed by atoms with Crippen molar-refractivity contribution in [2.45, 2.75) is 50.5 Å². The van der Waals surface area contributed by atoms with Gasteiger partial charge in [0, 0.05) is 43.1 Å². The minimum Gasteiger partial charge on any atom is -0.349 e. The van der Waals surface area contributed by atoms with Crippen LogP contribution in [0.15, 0.2) is 18.3 Å². The van der Waals surface area contributed by atoms with Crippen LogP contribution in [-0.2, 0) is 20.5 Å². The number of carbonyl (C=O) groups excluding carboxylic acids is 1. The molecule has 9 heteroatoms. The first kappa shape index (κ1) is 20.8. The third-order valence-electron chi connectivity index (χ3n) is 6.55. The largest absolute Gasteiger partial charge is 0.349 e. The van der Waals surface area contributed by atoms with Crippen LogP contribution in [0.5, 0.6) is 0 Å². The summed E-state index contributed by atoms with van der Waals surface area (Å²) >= 11 is 0. The maximum Gasteiger partial charge on any atom is 0.254 e. The van der Waals surface area contributed by atoms with Crippen molar-refractivity contribution < 1.29 is 18.0 Å². The van der Waals surface area contributed by atoms with Crippen molar-refractivity contribution in [3.8, 4) is 11.3 Å². The van der Waals surface area contributed by atoms with Crippen LogP contribution in [0, 0.1) is 17.5 Å². The lowest BCUT2D eigenvalue weighted by atomic mass is 9.83. The Balaban J connectivity index is 1.46. The summed E-state index contributed by atoms with van der Waals surface area (Å²) in [6, 6.07) is 1.95. The monoisotopic (exact) mass is 443 g/mol. The number of halogens is 3. The molecule has 1 aromatic carbocycles. The van der Waals surface area contributed by atoms with Gasteiger partial charge in [0.1, 0.15) is 0 Å². The number of aromatic nitrogens is 4. The Morgan fingerprint density at radius 2 is 1.88 bits per heavy atom. The Bertz CT molecular complexity index is 1230. The Hall–Kier alpha value is -3.10. The molecule has 1 N–H and O–H groups in total. The molecule has 1 saturated carbocycles. The van der Waals surface area contributed by atoms with Gasteiger partial charge in [-0.3, -0.25) is 14.2 Å². The fraction of sp³-hybridized carbons (Fsp3) is 0.435. The van der Waals surface area contributed by atoms with Gasteiger partial charge in [0.25, 0.3) is 5.91 Å². The van der Waals surface area contributed by atoms with Gasteiger partial charge in [-0.25, -0.2) is 13.2 Å². The molecule has 2 unspecified atom stereocenters. The van der Waals surface area contributed by atoms with Gasteiger partial charge in [-0.2, -0.15) is 10.2 Å². The molecule has 0 aliphatic heterocycles. The molecular weight excluding hydrogens is 419 g/mol. The Labute approximate surface area is 183 Å². The summed E-state index contributed by atoms with van der Waals surface area (Å²) in [5, 5.41) is 11.9. The van der Waals surface area contributed by atoms with Gasteiger partial charge in [0.15, 0.2) is 17.5 Å². The fourth-order valence-electron chi connectivity index (χ4n) is 4.94. The van der Waals surface area contributed by atoms with Crippen molar-refractivity contribution in [2.24, 2.45) is 14.1 Å². The summed E-state index contributed by atoms with van der Waals surface area (Å²) in [7, 11) is 3.50. The minimum atomic E-state index is -1.50. The first-order valence-corrected chi connectivity index (χ1v) is 10.8. The zero-order chi connectivity index (χ0) is 22.7. The summed E-state index contributed by atoms with van der Waals surface area (Å²) in [5.74, 6) is -3.77. The molecule has 0 spiro atoms. The van der Waals surface area contributed by atoms with Crippen molar-refractivity contribution >= 4 is 5.91 Å². The standard InChI is InChI=1S/C23H24F3N5O/c1-11-8-13(28-23(32)16-10-27-30(2)21(16)12-4-5-12)9-15-20(11)29-31(3)22(15)14-6-7-17(24)19(26)18(14)25/h6-7,10-13H,4-5,8-9H2,1-3H3,(H,28,32). The van der Waals surface area contributed by atoms with Crippen molar-refractivity contribution in [3.05, 3.63) is 58.3 Å². The summed E-state index contributed by atoms with van der Waals surface area (Å²) in [5.41, 5.74) is 3.45. The van der Waals surface area contributed by atoms with E-state index in [1.807, 2.05) is 14.0 Å². The van der Waals surface area contributed by atoms with Gasteiger partial charge in [-0.15, -0.1) is 0 Å². The van der Waals surface area contributed by atoms with E-state index in [2.05, 4.69) is 15.5 Å². The van der Waals surface area contributed by atoms with Crippen molar-refractivity contribution in [2.75, 3.05) is 0 Å². The average Bonchev–Trinajstić information content (AvgIpc) is 3.43. The van der Waals surface area contributed by atoms with Crippen LogP contribution in [0.25, 0.3) is 11.3 Å². The van der Waals surface area contributed by atoms with Gasteiger partial charge in [-0.1, -0.05) is 6.92 Å². The van der Waals surface area contributed by atoms with E-state index in [0.717, 1.165) is 35.9 Å². The zero-order valence-corrected chi connectivity index (χ0v) is 18.1. The van der Waals surface area contributed by atoms with E-state index in [9.17, 15) is 18.0 Å². The van der Waals surface area contributed by atoms with Crippen LogP contribution in [0.1, 0.15) is 65.3 Å². The molecule has 0 saturated heterocycles. The predicted octanol–water partition coefficient (Wildman–Crippen LogP) is 3.96. The Morgan fingerprint density at radius 3 is 2.59 bits per heavy atom. The molecule has 0 bridgehead atoms. The van der Waals surface area contributed by atoms with E-state index in [4.69, 9.17) is 0 Å². The molecule has 6 nitrogen and oxygen atoms in total. The van der Waals surface area contributed by atoms with Gasteiger partial charge in [0.05, 0.1) is 28.8 Å². The lowest BCUT2D eigenvalue weighted by molar-refractivity contribution is 0.0930. The number of amides is 1. The normalized spacial score (nSPS) is 20.3. The highest BCUT2D eigenvalue weighted by Crippen LogP contribution is 2.42. The van der Waals surface area contributed by atoms with Crippen LogP contribution < -0.4 is 5.32 Å². The topological polar surface area (TPSA) is 64.7 Å². The highest BCUT2D eigenvalue weighted by molar-refractivity contribution is 5.95. The second kappa shape index (κ2) is 7.50. The number of fused-ring (bicyclic) bond motifs is 1. The number of carbonyl (C=O) groups is 1. The maximum absolute atomic E-state index is 14.6. The number of nitrogens with one attached hydrogen (secondary N) is 1. The summed E-state index contributed by atoms with van der Waals surface area (Å²) in [6.07, 6.45) is 4.82. The Morgan fingerprint density at radius 1 is 1.12 bits per heavy atom. The molecule has 1 amide bonds. The molecule has 2 atom stereocenters. The molecule has 168 valence electrons. The van der Waals surface area contributed by atoms with E-state index >= 15 is 0 Å². The molecule has 2 heterocycles. The highest BCUT2D eigenvalue weighted by atomic mass is 19.2. The van der Waals surface area contributed by atoms with Crippen LogP contribution in [0.3, 0.4) is 0 Å². The number of rotatable bonds is 4. The second-order valence-corrected chi connectivity index (χ2v) is 8.91. The first-order chi connectivity index (χ1) is 15.3. The zero-order valence-electron chi connectivity index (χ0n) is 18.1. The van der Waals surface area contributed by atoms with Crippen molar-refractivity contribution in [3.63, 3.8) is 0 Å². The number of hydrogen-bond donors (Lipinski definition) is 1. The molecular formula is C23H24F3N5O. The molecule has 2 aliphatic rings. The molecule has 2 aliphatic carbocycles. The van der Waals surface area contributed by atoms with E-state index in [1.165, 1.54) is 10.7 Å². The fourth-order valence-corrected chi connectivity index (χ4v) is 4.94. The Kier molecular flexibility index (Phi) is 4.87. The molecule has 5 rings (SSSR count). The van der Waals surface area contributed by atoms with Crippen LogP contribution in [0.2, 0.25) is 0 Å². The van der Waals surface area contributed by atoms with Crippen molar-refractivity contribution in [1.29, 1.82) is 0 Å². The average molecular weight is 443 g/mol. The smallest absolute Gasteiger partial charge is 0.254 e. The minimum absolute atomic E-state index is 0.00848. The third kappa shape index (κ3) is 3.30. The van der Waals surface area contributed by atoms with Gasteiger partial charge >= 0.3 is 0 Å². The van der Waals surface area contributed by atoms with Gasteiger partial charge < -0.3 is 5.32 Å². The van der Waals surface area contributed by atoms with Crippen molar-refractivity contribution in [1.82, 2.24) is 24.9 Å². The van der Waals surface area contributed by atoms with Gasteiger partial charge in [0.2, 0.25) is 0 Å². The highest BCUT2D eigenvalue weighted by Gasteiger charge is 2.35. The van der Waals surface area contributed by atoms with Crippen LogP contribution in [0.4, 0.5) is 13.2 Å². The molecule has 0 radical (unpaired) electrons. The summed E-state index contributed by atoms with van der Waals surface area (Å²) in [6.45, 7) is 2.00. The molecule has 32 heavy (non-hydrogen) atoms. The number of aryl methyl sites for hydroxylation is 2. The molecule has 3 aromatic rings. The number of benzene rings is 1. The maximum atomic E-state index is 14.6. The third-order valence-corrected chi connectivity index (χ3v) is 6.55. The summed E-state index contributed by atoms with van der Waals surface area (Å²) in [4.78, 5) is 13.1. The number of nitrogens with zero attached hydrogens (tertiary/aromatic N) is 4.